The zero-order chi connectivity index (χ0) is 22.8. The number of thiazole rings is 1. The minimum atomic E-state index is -0.713. The van der Waals surface area contributed by atoms with Gasteiger partial charge in [0.2, 0.25) is 5.91 Å². The summed E-state index contributed by atoms with van der Waals surface area (Å²) in [6, 6.07) is 12.5. The lowest BCUT2D eigenvalue weighted by Gasteiger charge is -2.36. The summed E-state index contributed by atoms with van der Waals surface area (Å²) in [7, 11) is 0. The third-order valence-corrected chi connectivity index (χ3v) is 6.41. The average Bonchev–Trinajstić information content (AvgIpc) is 3.24. The van der Waals surface area contributed by atoms with Crippen molar-refractivity contribution in [1.29, 1.82) is 0 Å². The van der Waals surface area contributed by atoms with Crippen molar-refractivity contribution in [1.82, 2.24) is 4.98 Å². The molecule has 7 heteroatoms. The monoisotopic (exact) mass is 449 g/mol. The molecular weight excluding hydrogens is 422 g/mol. The lowest BCUT2D eigenvalue weighted by molar-refractivity contribution is -0.128. The number of hydrogen-bond acceptors (Lipinski definition) is 5. The van der Waals surface area contributed by atoms with Crippen molar-refractivity contribution in [3.05, 3.63) is 58.4 Å². The second-order valence-electron chi connectivity index (χ2n) is 8.06. The van der Waals surface area contributed by atoms with Gasteiger partial charge in [-0.25, -0.2) is 4.98 Å². The van der Waals surface area contributed by atoms with Gasteiger partial charge in [0.05, 0.1) is 16.4 Å². The number of carbonyl (C=O) groups is 2. The molecule has 2 unspecified atom stereocenters. The quantitative estimate of drug-likeness (QED) is 0.561. The molecule has 0 saturated heterocycles. The highest BCUT2D eigenvalue weighted by Gasteiger charge is 2.37. The molecule has 0 fully saturated rings. The zero-order valence-electron chi connectivity index (χ0n) is 18.7. The van der Waals surface area contributed by atoms with E-state index in [1.54, 1.807) is 25.2 Å². The maximum absolute atomic E-state index is 13.1. The molecular formula is C25H27N3O3S. The van der Waals surface area contributed by atoms with Crippen LogP contribution in [0.15, 0.2) is 47.8 Å². The molecule has 2 heterocycles. The standard InChI is InChI=1S/C25H27N3O3S/c1-5-6-23-27-20(14-32-23)18-9-12-22-21(13-18)28(25(30)17(4)31-22)16(3)24(29)26-19-10-7-15(2)8-11-19/h7-14,16-17H,5-6H2,1-4H3,(H,26,29). The molecule has 1 aliphatic rings. The van der Waals surface area contributed by atoms with E-state index in [9.17, 15) is 9.59 Å². The lowest BCUT2D eigenvalue weighted by atomic mass is 10.1. The number of nitrogens with zero attached hydrogens (tertiary/aromatic N) is 2. The molecule has 3 aromatic rings. The molecule has 0 saturated carbocycles. The van der Waals surface area contributed by atoms with Gasteiger partial charge in [0.1, 0.15) is 11.8 Å². The molecule has 1 aliphatic heterocycles. The Morgan fingerprint density at radius 2 is 2.00 bits per heavy atom. The van der Waals surface area contributed by atoms with Gasteiger partial charge in [-0.05, 0) is 63.9 Å². The molecule has 2 atom stereocenters. The van der Waals surface area contributed by atoms with Gasteiger partial charge in [-0.2, -0.15) is 0 Å². The second kappa shape index (κ2) is 9.12. The van der Waals surface area contributed by atoms with Crippen LogP contribution in [-0.4, -0.2) is 28.9 Å². The maximum atomic E-state index is 13.1. The Balaban J connectivity index is 1.65. The fourth-order valence-corrected chi connectivity index (χ4v) is 4.60. The molecule has 1 aromatic heterocycles. The SMILES string of the molecule is CCCc1nc(-c2ccc3c(c2)N(C(C)C(=O)Nc2ccc(C)cc2)C(=O)C(C)O3)cs1. The van der Waals surface area contributed by atoms with Gasteiger partial charge in [0, 0.05) is 16.6 Å². The Morgan fingerprint density at radius 3 is 2.72 bits per heavy atom. The van der Waals surface area contributed by atoms with E-state index in [-0.39, 0.29) is 11.8 Å². The number of anilines is 2. The van der Waals surface area contributed by atoms with E-state index < -0.39 is 12.1 Å². The Kier molecular flexibility index (Phi) is 6.28. The van der Waals surface area contributed by atoms with E-state index in [2.05, 4.69) is 12.2 Å². The highest BCUT2D eigenvalue weighted by atomic mass is 32.1. The van der Waals surface area contributed by atoms with Gasteiger partial charge in [0.15, 0.2) is 6.10 Å². The average molecular weight is 450 g/mol. The van der Waals surface area contributed by atoms with E-state index in [4.69, 9.17) is 9.72 Å². The summed E-state index contributed by atoms with van der Waals surface area (Å²) in [6.45, 7) is 7.56. The number of hydrogen-bond donors (Lipinski definition) is 1. The van der Waals surface area contributed by atoms with Crippen molar-refractivity contribution in [2.45, 2.75) is 52.7 Å². The van der Waals surface area contributed by atoms with Crippen LogP contribution in [0.25, 0.3) is 11.3 Å². The number of rotatable bonds is 6. The molecule has 0 radical (unpaired) electrons. The minimum absolute atomic E-state index is 0.244. The summed E-state index contributed by atoms with van der Waals surface area (Å²) in [5, 5.41) is 6.03. The third kappa shape index (κ3) is 4.39. The minimum Gasteiger partial charge on any atom is -0.479 e. The molecule has 0 spiro atoms. The van der Waals surface area contributed by atoms with Crippen molar-refractivity contribution in [2.24, 2.45) is 0 Å². The first kappa shape index (κ1) is 22.0. The number of benzene rings is 2. The fourth-order valence-electron chi connectivity index (χ4n) is 3.69. The molecule has 4 rings (SSSR count). The Labute approximate surface area is 192 Å². The first-order chi connectivity index (χ1) is 15.4. The first-order valence-corrected chi connectivity index (χ1v) is 11.7. The number of ether oxygens (including phenoxy) is 1. The Morgan fingerprint density at radius 1 is 1.25 bits per heavy atom. The smallest absolute Gasteiger partial charge is 0.268 e. The fraction of sp³-hybridized carbons (Fsp3) is 0.320. The highest BCUT2D eigenvalue weighted by Crippen LogP contribution is 2.39. The van der Waals surface area contributed by atoms with Gasteiger partial charge in [-0.15, -0.1) is 11.3 Å². The number of aromatic nitrogens is 1. The molecule has 32 heavy (non-hydrogen) atoms. The van der Waals surface area contributed by atoms with Crippen molar-refractivity contribution in [3.8, 4) is 17.0 Å². The molecule has 1 N–H and O–H groups in total. The predicted molar refractivity (Wildman–Crippen MR) is 128 cm³/mol. The van der Waals surface area contributed by atoms with Crippen molar-refractivity contribution in [3.63, 3.8) is 0 Å². The van der Waals surface area contributed by atoms with Crippen LogP contribution in [0, 0.1) is 6.92 Å². The Bertz CT molecular complexity index is 1140. The van der Waals surface area contributed by atoms with Crippen LogP contribution < -0.4 is 15.0 Å². The van der Waals surface area contributed by atoms with E-state index in [0.717, 1.165) is 34.7 Å². The van der Waals surface area contributed by atoms with E-state index in [0.29, 0.717) is 17.1 Å². The zero-order valence-corrected chi connectivity index (χ0v) is 19.5. The molecule has 2 aromatic carbocycles. The summed E-state index contributed by atoms with van der Waals surface area (Å²) in [5.41, 5.74) is 4.15. The summed E-state index contributed by atoms with van der Waals surface area (Å²) >= 11 is 1.63. The van der Waals surface area contributed by atoms with E-state index >= 15 is 0 Å². The van der Waals surface area contributed by atoms with Crippen LogP contribution in [0.4, 0.5) is 11.4 Å². The Hall–Kier alpha value is -3.19. The number of amides is 2. The summed E-state index contributed by atoms with van der Waals surface area (Å²) < 4.78 is 5.83. The van der Waals surface area contributed by atoms with E-state index in [1.807, 2.05) is 54.8 Å². The summed E-state index contributed by atoms with van der Waals surface area (Å²) in [5.74, 6) is 0.0811. The van der Waals surface area contributed by atoms with Crippen LogP contribution in [0.1, 0.15) is 37.8 Å². The number of fused-ring (bicyclic) bond motifs is 1. The van der Waals surface area contributed by atoms with Crippen LogP contribution in [0.5, 0.6) is 5.75 Å². The lowest BCUT2D eigenvalue weighted by Crippen LogP contribution is -2.52. The summed E-state index contributed by atoms with van der Waals surface area (Å²) in [4.78, 5) is 32.4. The van der Waals surface area contributed by atoms with Crippen LogP contribution in [0.2, 0.25) is 0 Å². The normalized spacial score (nSPS) is 16.3. The maximum Gasteiger partial charge on any atom is 0.268 e. The van der Waals surface area contributed by atoms with Crippen molar-refractivity contribution in [2.75, 3.05) is 10.2 Å². The molecule has 0 bridgehead atoms. The number of carbonyl (C=O) groups excluding carboxylic acids is 2. The van der Waals surface area contributed by atoms with Crippen LogP contribution in [0.3, 0.4) is 0 Å². The molecule has 166 valence electrons. The van der Waals surface area contributed by atoms with Gasteiger partial charge in [-0.3, -0.25) is 14.5 Å². The number of nitrogens with one attached hydrogen (secondary N) is 1. The molecule has 0 aliphatic carbocycles. The van der Waals surface area contributed by atoms with Crippen LogP contribution >= 0.6 is 11.3 Å². The van der Waals surface area contributed by atoms with Gasteiger partial charge in [0.25, 0.3) is 5.91 Å². The highest BCUT2D eigenvalue weighted by molar-refractivity contribution is 7.09. The summed E-state index contributed by atoms with van der Waals surface area (Å²) in [6.07, 6.45) is 1.31. The van der Waals surface area contributed by atoms with Gasteiger partial charge in [-0.1, -0.05) is 24.6 Å². The van der Waals surface area contributed by atoms with Crippen molar-refractivity contribution >= 4 is 34.5 Å². The van der Waals surface area contributed by atoms with Gasteiger partial charge < -0.3 is 10.1 Å². The van der Waals surface area contributed by atoms with E-state index in [1.165, 1.54) is 4.90 Å². The number of aryl methyl sites for hydroxylation is 2. The van der Waals surface area contributed by atoms with Crippen LogP contribution in [-0.2, 0) is 16.0 Å². The molecule has 6 nitrogen and oxygen atoms in total. The second-order valence-corrected chi connectivity index (χ2v) is 9.00. The third-order valence-electron chi connectivity index (χ3n) is 5.50. The molecule has 2 amide bonds. The topological polar surface area (TPSA) is 71.5 Å². The van der Waals surface area contributed by atoms with Gasteiger partial charge >= 0.3 is 0 Å². The largest absolute Gasteiger partial charge is 0.479 e. The predicted octanol–water partition coefficient (Wildman–Crippen LogP) is 5.21. The van der Waals surface area contributed by atoms with Crippen molar-refractivity contribution < 1.29 is 14.3 Å². The first-order valence-electron chi connectivity index (χ1n) is 10.8.